The van der Waals surface area contributed by atoms with Gasteiger partial charge in [0, 0.05) is 17.3 Å². The molecule has 1 amide bonds. The molecular weight excluding hydrogens is 258 g/mol. The molecule has 0 aliphatic rings. The van der Waals surface area contributed by atoms with Crippen LogP contribution in [0.4, 0.5) is 10.8 Å². The Hall–Kier alpha value is -1.88. The summed E-state index contributed by atoms with van der Waals surface area (Å²) in [7, 11) is 0. The first kappa shape index (κ1) is 13.5. The minimum Gasteiger partial charge on any atom is -0.374 e. The van der Waals surface area contributed by atoms with Gasteiger partial charge in [0.2, 0.25) is 5.91 Å². The van der Waals surface area contributed by atoms with Gasteiger partial charge in [-0.25, -0.2) is 4.98 Å². The third-order valence-corrected chi connectivity index (χ3v) is 3.35. The van der Waals surface area contributed by atoms with Gasteiger partial charge in [-0.05, 0) is 44.0 Å². The molecule has 0 unspecified atom stereocenters. The Kier molecular flexibility index (Phi) is 4.16. The summed E-state index contributed by atoms with van der Waals surface area (Å²) in [5, 5.41) is 8.43. The lowest BCUT2D eigenvalue weighted by molar-refractivity contribution is -0.116. The fourth-order valence-corrected chi connectivity index (χ4v) is 2.40. The molecule has 5 heteroatoms. The molecule has 4 nitrogen and oxygen atoms in total. The van der Waals surface area contributed by atoms with Crippen LogP contribution >= 0.6 is 11.3 Å². The summed E-state index contributed by atoms with van der Waals surface area (Å²) >= 11 is 1.41. The van der Waals surface area contributed by atoms with Gasteiger partial charge in [-0.2, -0.15) is 0 Å². The second-order valence-corrected chi connectivity index (χ2v) is 5.46. The quantitative estimate of drug-likeness (QED) is 0.901. The van der Waals surface area contributed by atoms with Crippen molar-refractivity contribution in [2.24, 2.45) is 0 Å². The molecule has 0 radical (unpaired) electrons. The highest BCUT2D eigenvalue weighted by molar-refractivity contribution is 7.13. The molecule has 2 aromatic rings. The fraction of sp³-hybridized carbons (Fsp3) is 0.286. The number of aryl methyl sites for hydroxylation is 2. The number of hydrogen-bond acceptors (Lipinski definition) is 4. The highest BCUT2D eigenvalue weighted by Crippen LogP contribution is 2.16. The summed E-state index contributed by atoms with van der Waals surface area (Å²) < 4.78 is 0. The van der Waals surface area contributed by atoms with Crippen molar-refractivity contribution < 1.29 is 4.79 Å². The first-order chi connectivity index (χ1) is 9.04. The summed E-state index contributed by atoms with van der Waals surface area (Å²) in [6.07, 6.45) is 1.67. The van der Waals surface area contributed by atoms with Crippen LogP contribution in [0.2, 0.25) is 0 Å². The van der Waals surface area contributed by atoms with E-state index in [1.807, 2.05) is 38.3 Å². The molecule has 2 rings (SSSR count). The van der Waals surface area contributed by atoms with Crippen molar-refractivity contribution in [3.8, 4) is 0 Å². The predicted octanol–water partition coefficient (Wildman–Crippen LogP) is 3.20. The lowest BCUT2D eigenvalue weighted by atomic mass is 10.1. The molecule has 0 bridgehead atoms. The van der Waals surface area contributed by atoms with Gasteiger partial charge in [-0.15, -0.1) is 11.3 Å². The smallest absolute Gasteiger partial charge is 0.248 e. The molecule has 1 atom stereocenters. The van der Waals surface area contributed by atoms with Crippen LogP contribution in [0, 0.1) is 13.8 Å². The van der Waals surface area contributed by atoms with Crippen LogP contribution in [0.25, 0.3) is 0 Å². The summed E-state index contributed by atoms with van der Waals surface area (Å²) in [5.74, 6) is -0.0888. The van der Waals surface area contributed by atoms with Gasteiger partial charge in [0.05, 0.1) is 0 Å². The molecule has 100 valence electrons. The van der Waals surface area contributed by atoms with Gasteiger partial charge < -0.3 is 10.6 Å². The molecule has 1 aromatic heterocycles. The van der Waals surface area contributed by atoms with Crippen LogP contribution in [0.5, 0.6) is 0 Å². The highest BCUT2D eigenvalue weighted by atomic mass is 32.1. The fourth-order valence-electron chi connectivity index (χ4n) is 1.87. The van der Waals surface area contributed by atoms with Crippen molar-refractivity contribution in [2.75, 3.05) is 10.6 Å². The number of benzene rings is 1. The topological polar surface area (TPSA) is 54.0 Å². The maximum absolute atomic E-state index is 12.0. The van der Waals surface area contributed by atoms with Gasteiger partial charge >= 0.3 is 0 Å². The molecule has 0 saturated carbocycles. The molecule has 1 aromatic carbocycles. The lowest BCUT2D eigenvalue weighted by Crippen LogP contribution is -2.31. The number of carbonyl (C=O) groups is 1. The number of nitrogens with one attached hydrogen (secondary N) is 2. The van der Waals surface area contributed by atoms with Crippen LogP contribution in [0.15, 0.2) is 29.8 Å². The van der Waals surface area contributed by atoms with Crippen LogP contribution < -0.4 is 10.6 Å². The van der Waals surface area contributed by atoms with Crippen molar-refractivity contribution in [1.82, 2.24) is 4.98 Å². The van der Waals surface area contributed by atoms with Crippen molar-refractivity contribution in [3.05, 3.63) is 40.9 Å². The number of anilines is 2. The Morgan fingerprint density at radius 3 is 2.53 bits per heavy atom. The van der Waals surface area contributed by atoms with E-state index in [9.17, 15) is 4.79 Å². The highest BCUT2D eigenvalue weighted by Gasteiger charge is 2.13. The van der Waals surface area contributed by atoms with Crippen molar-refractivity contribution in [2.45, 2.75) is 26.8 Å². The van der Waals surface area contributed by atoms with Gasteiger partial charge in [0.1, 0.15) is 6.04 Å². The molecule has 19 heavy (non-hydrogen) atoms. The SMILES string of the molecule is Cc1cc(C)cc(N[C@H](C)C(=O)Nc2nccs2)c1. The van der Waals surface area contributed by atoms with E-state index in [0.717, 1.165) is 5.69 Å². The summed E-state index contributed by atoms with van der Waals surface area (Å²) in [5.41, 5.74) is 3.31. The normalized spacial score (nSPS) is 11.9. The number of hydrogen-bond donors (Lipinski definition) is 2. The van der Waals surface area contributed by atoms with E-state index in [2.05, 4.69) is 21.7 Å². The zero-order chi connectivity index (χ0) is 13.8. The van der Waals surface area contributed by atoms with E-state index >= 15 is 0 Å². The Balaban J connectivity index is 2.00. The van der Waals surface area contributed by atoms with Gasteiger partial charge in [0.15, 0.2) is 5.13 Å². The molecule has 0 saturated heterocycles. The molecule has 1 heterocycles. The number of rotatable bonds is 4. The lowest BCUT2D eigenvalue weighted by Gasteiger charge is -2.15. The van der Waals surface area contributed by atoms with E-state index in [1.54, 1.807) is 6.20 Å². The van der Waals surface area contributed by atoms with Crippen LogP contribution in [-0.4, -0.2) is 16.9 Å². The maximum Gasteiger partial charge on any atom is 0.248 e. The van der Waals surface area contributed by atoms with E-state index in [1.165, 1.54) is 22.5 Å². The minimum atomic E-state index is -0.315. The van der Waals surface area contributed by atoms with Crippen molar-refractivity contribution in [1.29, 1.82) is 0 Å². The Bertz CT molecular complexity index is 546. The summed E-state index contributed by atoms with van der Waals surface area (Å²) in [4.78, 5) is 16.0. The maximum atomic E-state index is 12.0. The molecule has 0 aliphatic heterocycles. The average molecular weight is 275 g/mol. The number of carbonyl (C=O) groups excluding carboxylic acids is 1. The van der Waals surface area contributed by atoms with Gasteiger partial charge in [0.25, 0.3) is 0 Å². The zero-order valence-corrected chi connectivity index (χ0v) is 12.0. The molecule has 0 fully saturated rings. The molecule has 0 aliphatic carbocycles. The predicted molar refractivity (Wildman–Crippen MR) is 79.7 cm³/mol. The third-order valence-electron chi connectivity index (χ3n) is 2.66. The number of amides is 1. The zero-order valence-electron chi connectivity index (χ0n) is 11.2. The van der Waals surface area contributed by atoms with Crippen molar-refractivity contribution >= 4 is 28.1 Å². The number of aromatic nitrogens is 1. The van der Waals surface area contributed by atoms with Gasteiger partial charge in [-0.3, -0.25) is 4.79 Å². The minimum absolute atomic E-state index is 0.0888. The van der Waals surface area contributed by atoms with Gasteiger partial charge in [-0.1, -0.05) is 6.07 Å². The Morgan fingerprint density at radius 1 is 1.26 bits per heavy atom. The average Bonchev–Trinajstić information content (AvgIpc) is 2.80. The van der Waals surface area contributed by atoms with E-state index < -0.39 is 0 Å². The Labute approximate surface area is 116 Å². The van der Waals surface area contributed by atoms with E-state index in [4.69, 9.17) is 0 Å². The largest absolute Gasteiger partial charge is 0.374 e. The summed E-state index contributed by atoms with van der Waals surface area (Å²) in [6.45, 7) is 5.91. The van der Waals surface area contributed by atoms with Crippen LogP contribution in [0.3, 0.4) is 0 Å². The monoisotopic (exact) mass is 275 g/mol. The molecule has 2 N–H and O–H groups in total. The van der Waals surface area contributed by atoms with Crippen LogP contribution in [-0.2, 0) is 4.79 Å². The number of nitrogens with zero attached hydrogens (tertiary/aromatic N) is 1. The Morgan fingerprint density at radius 2 is 1.95 bits per heavy atom. The third kappa shape index (κ3) is 3.79. The first-order valence-electron chi connectivity index (χ1n) is 6.10. The van der Waals surface area contributed by atoms with Crippen molar-refractivity contribution in [3.63, 3.8) is 0 Å². The molecular formula is C14H17N3OS. The first-order valence-corrected chi connectivity index (χ1v) is 6.98. The van der Waals surface area contributed by atoms with Crippen LogP contribution in [0.1, 0.15) is 18.1 Å². The van der Waals surface area contributed by atoms with E-state index in [0.29, 0.717) is 5.13 Å². The molecule has 0 spiro atoms. The second-order valence-electron chi connectivity index (χ2n) is 4.57. The second kappa shape index (κ2) is 5.84. The number of thiazole rings is 1. The summed E-state index contributed by atoms with van der Waals surface area (Å²) in [6, 6.07) is 5.84. The standard InChI is InChI=1S/C14H17N3OS/c1-9-6-10(2)8-12(7-9)16-11(3)13(18)17-14-15-4-5-19-14/h4-8,11,16H,1-3H3,(H,15,17,18)/t11-/m1/s1. The van der Waals surface area contributed by atoms with E-state index in [-0.39, 0.29) is 11.9 Å².